The van der Waals surface area contributed by atoms with Crippen LogP contribution in [-0.4, -0.2) is 23.6 Å². The average Bonchev–Trinajstić information content (AvgIpc) is 2.49. The molecule has 2 unspecified atom stereocenters. The zero-order chi connectivity index (χ0) is 11.8. The van der Waals surface area contributed by atoms with Crippen molar-refractivity contribution in [2.24, 2.45) is 16.8 Å². The molecule has 0 aromatic carbocycles. The van der Waals surface area contributed by atoms with E-state index in [9.17, 15) is 0 Å². The first kappa shape index (κ1) is 13.3. The molecule has 1 rings (SSSR count). The average molecular weight is 227 g/mol. The summed E-state index contributed by atoms with van der Waals surface area (Å²) in [4.78, 5) is 0. The molecule has 0 aromatic heterocycles. The van der Waals surface area contributed by atoms with Crippen LogP contribution in [0, 0.1) is 5.92 Å². The van der Waals surface area contributed by atoms with Crippen molar-refractivity contribution in [1.82, 2.24) is 5.32 Å². The minimum Gasteiger partial charge on any atom is -0.409 e. The molecule has 0 amide bonds. The largest absolute Gasteiger partial charge is 0.409 e. The van der Waals surface area contributed by atoms with Gasteiger partial charge in [-0.1, -0.05) is 24.9 Å². The topological polar surface area (TPSA) is 70.6 Å². The van der Waals surface area contributed by atoms with Crippen LogP contribution in [0.15, 0.2) is 5.16 Å². The van der Waals surface area contributed by atoms with Gasteiger partial charge in [-0.25, -0.2) is 0 Å². The van der Waals surface area contributed by atoms with E-state index in [0.717, 1.165) is 18.9 Å². The van der Waals surface area contributed by atoms with Crippen molar-refractivity contribution in [3.05, 3.63) is 0 Å². The molecule has 0 saturated heterocycles. The summed E-state index contributed by atoms with van der Waals surface area (Å²) in [6, 6.07) is 0.678. The van der Waals surface area contributed by atoms with Crippen LogP contribution in [0.1, 0.15) is 51.9 Å². The fraction of sp³-hybridized carbons (Fsp3) is 0.917. The molecule has 1 aliphatic carbocycles. The highest BCUT2D eigenvalue weighted by atomic mass is 16.4. The smallest absolute Gasteiger partial charge is 0.139 e. The first-order valence-corrected chi connectivity index (χ1v) is 6.42. The maximum atomic E-state index is 8.39. The van der Waals surface area contributed by atoms with Gasteiger partial charge in [-0.2, -0.15) is 0 Å². The Balaban J connectivity index is 2.08. The summed E-state index contributed by atoms with van der Waals surface area (Å²) in [5.74, 6) is 1.22. The number of rotatable bonds is 5. The van der Waals surface area contributed by atoms with E-state index in [4.69, 9.17) is 10.9 Å². The van der Waals surface area contributed by atoms with Crippen LogP contribution >= 0.6 is 0 Å². The van der Waals surface area contributed by atoms with E-state index in [-0.39, 0.29) is 0 Å². The third kappa shape index (κ3) is 5.35. The molecule has 1 fully saturated rings. The number of hydrogen-bond acceptors (Lipinski definition) is 3. The molecule has 4 nitrogen and oxygen atoms in total. The van der Waals surface area contributed by atoms with Gasteiger partial charge in [0.15, 0.2) is 0 Å². The first-order chi connectivity index (χ1) is 7.72. The van der Waals surface area contributed by atoms with E-state index in [1.54, 1.807) is 0 Å². The molecule has 1 saturated carbocycles. The van der Waals surface area contributed by atoms with E-state index in [1.165, 1.54) is 32.1 Å². The second kappa shape index (κ2) is 7.49. The van der Waals surface area contributed by atoms with Gasteiger partial charge in [0.2, 0.25) is 0 Å². The quantitative estimate of drug-likeness (QED) is 0.168. The van der Waals surface area contributed by atoms with Gasteiger partial charge >= 0.3 is 0 Å². The van der Waals surface area contributed by atoms with Crippen LogP contribution in [0.25, 0.3) is 0 Å². The third-order valence-corrected chi connectivity index (χ3v) is 3.43. The summed E-state index contributed by atoms with van der Waals surface area (Å²) in [5.41, 5.74) is 5.41. The van der Waals surface area contributed by atoms with E-state index in [1.807, 2.05) is 0 Å². The predicted molar refractivity (Wildman–Crippen MR) is 66.7 cm³/mol. The van der Waals surface area contributed by atoms with Crippen molar-refractivity contribution >= 4 is 5.84 Å². The Hall–Kier alpha value is -0.770. The van der Waals surface area contributed by atoms with Crippen molar-refractivity contribution in [3.63, 3.8) is 0 Å². The molecular weight excluding hydrogens is 202 g/mol. The molecule has 16 heavy (non-hydrogen) atoms. The highest BCUT2D eigenvalue weighted by Gasteiger charge is 2.15. The molecule has 0 bridgehead atoms. The minimum atomic E-state index is 0.330. The summed E-state index contributed by atoms with van der Waals surface area (Å²) >= 11 is 0. The summed E-state index contributed by atoms with van der Waals surface area (Å²) in [7, 11) is 0. The number of nitrogens with zero attached hydrogens (tertiary/aromatic N) is 1. The Morgan fingerprint density at radius 2 is 2.19 bits per heavy atom. The molecule has 4 heteroatoms. The Morgan fingerprint density at radius 3 is 2.94 bits per heavy atom. The summed E-state index contributed by atoms with van der Waals surface area (Å²) in [6.45, 7) is 3.32. The fourth-order valence-electron chi connectivity index (χ4n) is 2.32. The summed E-state index contributed by atoms with van der Waals surface area (Å²) in [6.07, 6.45) is 8.28. The zero-order valence-corrected chi connectivity index (χ0v) is 10.3. The molecule has 0 radical (unpaired) electrons. The second-order valence-electron chi connectivity index (χ2n) is 4.96. The van der Waals surface area contributed by atoms with E-state index >= 15 is 0 Å². The Kier molecular flexibility index (Phi) is 6.23. The Bertz CT molecular complexity index is 218. The van der Waals surface area contributed by atoms with Gasteiger partial charge in [-0.3, -0.25) is 0 Å². The van der Waals surface area contributed by atoms with Gasteiger partial charge in [-0.15, -0.1) is 0 Å². The number of nitrogens with two attached hydrogens (primary N) is 1. The van der Waals surface area contributed by atoms with Gasteiger partial charge < -0.3 is 16.3 Å². The van der Waals surface area contributed by atoms with Crippen LogP contribution in [-0.2, 0) is 0 Å². The molecule has 0 aromatic rings. The van der Waals surface area contributed by atoms with Crippen LogP contribution in [0.3, 0.4) is 0 Å². The van der Waals surface area contributed by atoms with Crippen molar-refractivity contribution in [2.75, 3.05) is 6.54 Å². The highest BCUT2D eigenvalue weighted by molar-refractivity contribution is 5.79. The summed E-state index contributed by atoms with van der Waals surface area (Å²) < 4.78 is 0. The molecule has 0 aliphatic heterocycles. The second-order valence-corrected chi connectivity index (χ2v) is 4.96. The molecule has 94 valence electrons. The van der Waals surface area contributed by atoms with Gasteiger partial charge in [-0.05, 0) is 38.1 Å². The monoisotopic (exact) mass is 227 g/mol. The van der Waals surface area contributed by atoms with Crippen LogP contribution in [0.5, 0.6) is 0 Å². The molecule has 1 aliphatic rings. The van der Waals surface area contributed by atoms with Gasteiger partial charge in [0, 0.05) is 12.5 Å². The van der Waals surface area contributed by atoms with Crippen molar-refractivity contribution < 1.29 is 5.21 Å². The van der Waals surface area contributed by atoms with Crippen LogP contribution in [0.2, 0.25) is 0 Å². The van der Waals surface area contributed by atoms with E-state index in [0.29, 0.717) is 18.3 Å². The van der Waals surface area contributed by atoms with Gasteiger partial charge in [0.1, 0.15) is 5.84 Å². The number of hydrogen-bond donors (Lipinski definition) is 3. The standard InChI is InChI=1S/C12H25N3O/c1-10-4-2-5-11(8-7-10)14-9-3-6-12(13)15-16/h10-11,14,16H,2-9H2,1H3,(H2,13,15). The SMILES string of the molecule is CC1CCCC(NCCCC(N)=NO)CC1. The lowest BCUT2D eigenvalue weighted by Crippen LogP contribution is -2.30. The normalized spacial score (nSPS) is 27.7. The lowest BCUT2D eigenvalue weighted by atomic mass is 10.0. The maximum absolute atomic E-state index is 8.39. The van der Waals surface area contributed by atoms with E-state index < -0.39 is 0 Å². The Labute approximate surface area is 98.3 Å². The van der Waals surface area contributed by atoms with E-state index in [2.05, 4.69) is 17.4 Å². The number of oxime groups is 1. The molecule has 0 heterocycles. The van der Waals surface area contributed by atoms with Gasteiger partial charge in [0.05, 0.1) is 0 Å². The molecule has 2 atom stereocenters. The van der Waals surface area contributed by atoms with Gasteiger partial charge in [0.25, 0.3) is 0 Å². The predicted octanol–water partition coefficient (Wildman–Crippen LogP) is 2.07. The number of nitrogens with one attached hydrogen (secondary N) is 1. The van der Waals surface area contributed by atoms with Crippen molar-refractivity contribution in [2.45, 2.75) is 57.9 Å². The fourth-order valence-corrected chi connectivity index (χ4v) is 2.32. The Morgan fingerprint density at radius 1 is 1.38 bits per heavy atom. The zero-order valence-electron chi connectivity index (χ0n) is 10.3. The first-order valence-electron chi connectivity index (χ1n) is 6.42. The van der Waals surface area contributed by atoms with Crippen molar-refractivity contribution in [3.8, 4) is 0 Å². The van der Waals surface area contributed by atoms with Crippen molar-refractivity contribution in [1.29, 1.82) is 0 Å². The summed E-state index contributed by atoms with van der Waals surface area (Å²) in [5, 5.41) is 14.9. The maximum Gasteiger partial charge on any atom is 0.139 e. The highest BCUT2D eigenvalue weighted by Crippen LogP contribution is 2.22. The molecule has 4 N–H and O–H groups in total. The molecular formula is C12H25N3O. The number of amidine groups is 1. The molecule has 0 spiro atoms. The van der Waals surface area contributed by atoms with Crippen LogP contribution in [0.4, 0.5) is 0 Å². The van der Waals surface area contributed by atoms with Crippen LogP contribution < -0.4 is 11.1 Å². The minimum absolute atomic E-state index is 0.330. The lowest BCUT2D eigenvalue weighted by Gasteiger charge is -2.16. The third-order valence-electron chi connectivity index (χ3n) is 3.43. The lowest BCUT2D eigenvalue weighted by molar-refractivity contribution is 0.316.